The average Bonchev–Trinajstić information content (AvgIpc) is 3.09. The van der Waals surface area contributed by atoms with E-state index in [0.29, 0.717) is 17.9 Å². The summed E-state index contributed by atoms with van der Waals surface area (Å²) >= 11 is 5.79. The van der Waals surface area contributed by atoms with E-state index in [1.165, 1.54) is 16.4 Å². The van der Waals surface area contributed by atoms with Gasteiger partial charge in [0.2, 0.25) is 10.0 Å². The number of aryl methyl sites for hydroxylation is 1. The number of piperazine rings is 1. The minimum Gasteiger partial charge on any atom is -0.336 e. The third-order valence-corrected chi connectivity index (χ3v) is 8.22. The maximum atomic E-state index is 13.4. The van der Waals surface area contributed by atoms with Gasteiger partial charge in [0.05, 0.1) is 23.0 Å². The van der Waals surface area contributed by atoms with Crippen LogP contribution in [0.3, 0.4) is 0 Å². The van der Waals surface area contributed by atoms with Crippen LogP contribution >= 0.6 is 11.6 Å². The SMILES string of the molecule is Cc1nn(Cc2ccccc2)c(C)c1S(=O)(=O)N1CCN(C(=O)c2ccc(F)c(Cl)c2)CC1. The number of halogens is 2. The summed E-state index contributed by atoms with van der Waals surface area (Å²) in [5.74, 6) is -0.903. The number of amides is 1. The predicted molar refractivity (Wildman–Crippen MR) is 123 cm³/mol. The summed E-state index contributed by atoms with van der Waals surface area (Å²) in [7, 11) is -3.78. The molecule has 10 heteroatoms. The van der Waals surface area contributed by atoms with Crippen molar-refractivity contribution in [2.24, 2.45) is 0 Å². The Kier molecular flexibility index (Phi) is 6.56. The van der Waals surface area contributed by atoms with Gasteiger partial charge in [0.25, 0.3) is 5.91 Å². The molecule has 2 heterocycles. The van der Waals surface area contributed by atoms with Crippen LogP contribution in [0.1, 0.15) is 27.3 Å². The molecule has 33 heavy (non-hydrogen) atoms. The molecule has 1 aliphatic rings. The fourth-order valence-corrected chi connectivity index (χ4v) is 6.01. The summed E-state index contributed by atoms with van der Waals surface area (Å²) in [6, 6.07) is 13.5. The number of carbonyl (C=O) groups excluding carboxylic acids is 1. The predicted octanol–water partition coefficient (Wildman–Crippen LogP) is 3.49. The second-order valence-corrected chi connectivity index (χ2v) is 10.3. The van der Waals surface area contributed by atoms with E-state index in [1.54, 1.807) is 23.4 Å². The molecule has 0 unspecified atom stereocenters. The molecule has 1 aliphatic heterocycles. The quantitative estimate of drug-likeness (QED) is 0.548. The molecule has 174 valence electrons. The van der Waals surface area contributed by atoms with E-state index in [1.807, 2.05) is 30.3 Å². The number of sulfonamides is 1. The van der Waals surface area contributed by atoms with Crippen molar-refractivity contribution in [1.82, 2.24) is 19.0 Å². The lowest BCUT2D eigenvalue weighted by molar-refractivity contribution is 0.0697. The number of rotatable bonds is 5. The van der Waals surface area contributed by atoms with Crippen molar-refractivity contribution >= 4 is 27.5 Å². The fourth-order valence-electron chi connectivity index (χ4n) is 4.04. The Morgan fingerprint density at radius 3 is 2.36 bits per heavy atom. The van der Waals surface area contributed by atoms with Crippen LogP contribution in [0.2, 0.25) is 5.02 Å². The standard InChI is InChI=1S/C23H24ClFN4O3S/c1-16-22(17(2)29(26-16)15-18-6-4-3-5-7-18)33(31,32)28-12-10-27(11-13-28)23(30)19-8-9-21(25)20(24)14-19/h3-9,14H,10-13,15H2,1-2H3. The Labute approximate surface area is 197 Å². The van der Waals surface area contributed by atoms with E-state index < -0.39 is 15.8 Å². The number of aromatic nitrogens is 2. The highest BCUT2D eigenvalue weighted by atomic mass is 35.5. The van der Waals surface area contributed by atoms with Crippen molar-refractivity contribution in [2.45, 2.75) is 25.3 Å². The van der Waals surface area contributed by atoms with E-state index in [-0.39, 0.29) is 47.6 Å². The van der Waals surface area contributed by atoms with Gasteiger partial charge in [0.15, 0.2) is 0 Å². The Morgan fingerprint density at radius 1 is 1.06 bits per heavy atom. The Morgan fingerprint density at radius 2 is 1.73 bits per heavy atom. The summed E-state index contributed by atoms with van der Waals surface area (Å²) < 4.78 is 43.4. The van der Waals surface area contributed by atoms with Gasteiger partial charge in [-0.05, 0) is 37.6 Å². The lowest BCUT2D eigenvalue weighted by atomic mass is 10.2. The smallest absolute Gasteiger partial charge is 0.253 e. The van der Waals surface area contributed by atoms with Crippen LogP contribution in [0, 0.1) is 19.7 Å². The summed E-state index contributed by atoms with van der Waals surface area (Å²) in [6.07, 6.45) is 0. The van der Waals surface area contributed by atoms with Gasteiger partial charge in [-0.15, -0.1) is 0 Å². The van der Waals surface area contributed by atoms with Crippen LogP contribution < -0.4 is 0 Å². The molecule has 1 amide bonds. The first-order valence-electron chi connectivity index (χ1n) is 10.5. The van der Waals surface area contributed by atoms with Crippen molar-refractivity contribution < 1.29 is 17.6 Å². The van der Waals surface area contributed by atoms with Gasteiger partial charge >= 0.3 is 0 Å². The second-order valence-electron chi connectivity index (χ2n) is 7.97. The first-order chi connectivity index (χ1) is 15.7. The summed E-state index contributed by atoms with van der Waals surface area (Å²) in [5, 5.41) is 4.34. The minimum atomic E-state index is -3.78. The molecule has 0 saturated carbocycles. The van der Waals surface area contributed by atoms with Gasteiger partial charge in [-0.3, -0.25) is 9.48 Å². The molecule has 7 nitrogen and oxygen atoms in total. The van der Waals surface area contributed by atoms with Gasteiger partial charge < -0.3 is 4.90 Å². The normalized spacial score (nSPS) is 15.1. The molecule has 0 aliphatic carbocycles. The van der Waals surface area contributed by atoms with Crippen LogP contribution in [0.15, 0.2) is 53.4 Å². The molecular formula is C23H24ClFN4O3S. The molecule has 0 radical (unpaired) electrons. The Bertz CT molecular complexity index is 1290. The second kappa shape index (κ2) is 9.24. The molecule has 4 rings (SSSR count). The average molecular weight is 491 g/mol. The molecule has 0 atom stereocenters. The summed E-state index contributed by atoms with van der Waals surface area (Å²) in [6.45, 7) is 4.70. The molecular weight excluding hydrogens is 467 g/mol. The van der Waals surface area contributed by atoms with Gasteiger partial charge in [-0.25, -0.2) is 12.8 Å². The highest BCUT2D eigenvalue weighted by Gasteiger charge is 2.34. The Hall–Kier alpha value is -2.75. The number of nitrogens with zero attached hydrogens (tertiary/aromatic N) is 4. The molecule has 0 spiro atoms. The number of hydrogen-bond donors (Lipinski definition) is 0. The van der Waals surface area contributed by atoms with Crippen molar-refractivity contribution in [3.63, 3.8) is 0 Å². The van der Waals surface area contributed by atoms with E-state index >= 15 is 0 Å². The van der Waals surface area contributed by atoms with Crippen molar-refractivity contribution in [3.8, 4) is 0 Å². The number of hydrogen-bond acceptors (Lipinski definition) is 4. The largest absolute Gasteiger partial charge is 0.336 e. The fraction of sp³-hybridized carbons (Fsp3) is 0.304. The lowest BCUT2D eigenvalue weighted by Crippen LogP contribution is -2.50. The first-order valence-corrected chi connectivity index (χ1v) is 12.3. The third-order valence-electron chi connectivity index (χ3n) is 5.78. The van der Waals surface area contributed by atoms with E-state index in [9.17, 15) is 17.6 Å². The van der Waals surface area contributed by atoms with Gasteiger partial charge in [-0.2, -0.15) is 9.40 Å². The van der Waals surface area contributed by atoms with E-state index in [4.69, 9.17) is 11.6 Å². The van der Waals surface area contributed by atoms with Crippen LogP contribution in [-0.4, -0.2) is 59.5 Å². The van der Waals surface area contributed by atoms with Crippen molar-refractivity contribution in [3.05, 3.63) is 81.9 Å². The molecule has 1 fully saturated rings. The first kappa shape index (κ1) is 23.4. The maximum Gasteiger partial charge on any atom is 0.253 e. The number of benzene rings is 2. The molecule has 0 N–H and O–H groups in total. The highest BCUT2D eigenvalue weighted by molar-refractivity contribution is 7.89. The molecule has 2 aromatic carbocycles. The molecule has 1 aromatic heterocycles. The molecule has 3 aromatic rings. The van der Waals surface area contributed by atoms with Crippen LogP contribution in [0.5, 0.6) is 0 Å². The lowest BCUT2D eigenvalue weighted by Gasteiger charge is -2.34. The van der Waals surface area contributed by atoms with E-state index in [2.05, 4.69) is 5.10 Å². The highest BCUT2D eigenvalue weighted by Crippen LogP contribution is 2.26. The zero-order valence-electron chi connectivity index (χ0n) is 18.3. The Balaban J connectivity index is 1.49. The minimum absolute atomic E-state index is 0.125. The van der Waals surface area contributed by atoms with Gasteiger partial charge in [-0.1, -0.05) is 41.9 Å². The van der Waals surface area contributed by atoms with Gasteiger partial charge in [0.1, 0.15) is 10.7 Å². The van der Waals surface area contributed by atoms with Crippen LogP contribution in [0.4, 0.5) is 4.39 Å². The summed E-state index contributed by atoms with van der Waals surface area (Å²) in [5.41, 5.74) is 2.32. The maximum absolute atomic E-state index is 13.4. The molecule has 1 saturated heterocycles. The zero-order chi connectivity index (χ0) is 23.8. The third kappa shape index (κ3) is 4.66. The van der Waals surface area contributed by atoms with Crippen molar-refractivity contribution in [1.29, 1.82) is 0 Å². The number of carbonyl (C=O) groups is 1. The molecule has 0 bridgehead atoms. The monoisotopic (exact) mass is 490 g/mol. The van der Waals surface area contributed by atoms with Gasteiger partial charge in [0, 0.05) is 31.7 Å². The van der Waals surface area contributed by atoms with Crippen LogP contribution in [0.25, 0.3) is 0 Å². The van der Waals surface area contributed by atoms with E-state index in [0.717, 1.165) is 11.6 Å². The summed E-state index contributed by atoms with van der Waals surface area (Å²) in [4.78, 5) is 14.5. The van der Waals surface area contributed by atoms with Crippen LogP contribution in [-0.2, 0) is 16.6 Å². The topological polar surface area (TPSA) is 75.5 Å². The zero-order valence-corrected chi connectivity index (χ0v) is 19.9. The van der Waals surface area contributed by atoms with Crippen molar-refractivity contribution in [2.75, 3.05) is 26.2 Å².